The minimum atomic E-state index is 0. The molecule has 1 radical (unpaired) electrons. The monoisotopic (exact) mass is 653 g/mol. The fraction of sp³-hybridized carbons (Fsp3) is 0.462. The fourth-order valence-corrected chi connectivity index (χ4v) is 0.431. The van der Waals surface area contributed by atoms with Crippen LogP contribution in [0.15, 0.2) is 24.3 Å². The van der Waals surface area contributed by atoms with Crippen LogP contribution in [0.4, 0.5) is 0 Å². The first-order chi connectivity index (χ1) is 6.39. The van der Waals surface area contributed by atoms with Gasteiger partial charge in [-0.25, -0.2) is 0 Å². The SMILES string of the molecule is CC.CC.CC.[CH2-]c1[c-]cccc1.[U].[V].[W]. The second-order valence-corrected chi connectivity index (χ2v) is 1.39. The van der Waals surface area contributed by atoms with Crippen molar-refractivity contribution in [1.82, 2.24) is 0 Å². The molecule has 0 saturated heterocycles. The Bertz CT molecular complexity index is 146. The summed E-state index contributed by atoms with van der Waals surface area (Å²) in [6.45, 7) is 15.7. The van der Waals surface area contributed by atoms with E-state index >= 15 is 0 Å². The number of benzene rings is 1. The molecule has 1 aromatic rings. The molecule has 0 N–H and O–H groups in total. The topological polar surface area (TPSA) is 0 Å². The molecule has 0 fully saturated rings. The summed E-state index contributed by atoms with van der Waals surface area (Å²) in [5.41, 5.74) is 0.947. The summed E-state index contributed by atoms with van der Waals surface area (Å²) in [5, 5.41) is 0. The quantitative estimate of drug-likeness (QED) is 0.356. The fourth-order valence-electron chi connectivity index (χ4n) is 0.431. The molecule has 1 rings (SSSR count). The molecule has 0 atom stereocenters. The smallest absolute Gasteiger partial charge is 0 e. The first kappa shape index (κ1) is 36.0. The third kappa shape index (κ3) is 36.1. The standard InChI is InChI=1S/C7H6.3C2H6.U.V.W/c1-7-5-3-2-4-6-7;3*1-2;;;/h2-5H,1H2;3*1-2H3;;;/q-2;;;;;;. The van der Waals surface area contributed by atoms with Crippen LogP contribution in [-0.4, -0.2) is 0 Å². The molecule has 0 aliphatic heterocycles. The molecular weight excluding hydrogens is 629 g/mol. The van der Waals surface area contributed by atoms with Crippen molar-refractivity contribution in [3.8, 4) is 0 Å². The minimum absolute atomic E-state index is 0. The van der Waals surface area contributed by atoms with Crippen LogP contribution in [0.25, 0.3) is 0 Å². The molecule has 3 heteroatoms. The van der Waals surface area contributed by atoms with Crippen LogP contribution in [0.3, 0.4) is 0 Å². The van der Waals surface area contributed by atoms with Crippen molar-refractivity contribution >= 4 is 0 Å². The van der Waals surface area contributed by atoms with Gasteiger partial charge in [0.2, 0.25) is 0 Å². The summed E-state index contributed by atoms with van der Waals surface area (Å²) in [4.78, 5) is 0. The summed E-state index contributed by atoms with van der Waals surface area (Å²) < 4.78 is 0. The third-order valence-corrected chi connectivity index (χ3v) is 0.773. The number of hydrogen-bond donors (Lipinski definition) is 0. The van der Waals surface area contributed by atoms with E-state index in [0.717, 1.165) is 5.56 Å². The van der Waals surface area contributed by atoms with Crippen molar-refractivity contribution in [3.05, 3.63) is 42.8 Å². The van der Waals surface area contributed by atoms with E-state index in [1.54, 1.807) is 0 Å². The normalized spacial score (nSPS) is 4.88. The van der Waals surface area contributed by atoms with Gasteiger partial charge in [0.05, 0.1) is 0 Å². The zero-order chi connectivity index (χ0) is 11.1. The average Bonchev–Trinajstić information content (AvgIpc) is 2.28. The molecule has 0 unspecified atom stereocenters. The van der Waals surface area contributed by atoms with E-state index in [-0.39, 0.29) is 70.7 Å². The molecule has 16 heavy (non-hydrogen) atoms. The van der Waals surface area contributed by atoms with Crippen LogP contribution in [0.5, 0.6) is 0 Å². The Morgan fingerprint density at radius 3 is 1.44 bits per heavy atom. The summed E-state index contributed by atoms with van der Waals surface area (Å²) in [6, 6.07) is 10.6. The minimum Gasteiger partial charge on any atom is -0.374 e. The van der Waals surface area contributed by atoms with Gasteiger partial charge in [-0.1, -0.05) is 41.5 Å². The second-order valence-electron chi connectivity index (χ2n) is 1.39. The van der Waals surface area contributed by atoms with Crippen LogP contribution in [-0.2, 0) is 39.6 Å². The summed E-state index contributed by atoms with van der Waals surface area (Å²) in [6.07, 6.45) is 0. The van der Waals surface area contributed by atoms with E-state index in [4.69, 9.17) is 0 Å². The predicted molar refractivity (Wildman–Crippen MR) is 63.8 cm³/mol. The van der Waals surface area contributed by atoms with E-state index in [2.05, 4.69) is 13.0 Å². The van der Waals surface area contributed by atoms with Crippen molar-refractivity contribution in [2.75, 3.05) is 0 Å². The molecule has 0 aromatic heterocycles. The Morgan fingerprint density at radius 1 is 0.938 bits per heavy atom. The van der Waals surface area contributed by atoms with Crippen molar-refractivity contribution in [1.29, 1.82) is 0 Å². The van der Waals surface area contributed by atoms with Crippen molar-refractivity contribution in [2.24, 2.45) is 0 Å². The van der Waals surface area contributed by atoms with Gasteiger partial charge in [0, 0.05) is 70.7 Å². The van der Waals surface area contributed by atoms with E-state index < -0.39 is 0 Å². The predicted octanol–water partition coefficient (Wildman–Crippen LogP) is 4.74. The Labute approximate surface area is 153 Å². The van der Waals surface area contributed by atoms with Crippen LogP contribution >= 0.6 is 0 Å². The van der Waals surface area contributed by atoms with Crippen LogP contribution in [0.2, 0.25) is 0 Å². The van der Waals surface area contributed by atoms with Crippen LogP contribution in [0.1, 0.15) is 47.1 Å². The molecule has 0 heterocycles. The maximum absolute atomic E-state index is 3.66. The Morgan fingerprint density at radius 2 is 1.31 bits per heavy atom. The number of rotatable bonds is 0. The molecule has 1 aromatic carbocycles. The van der Waals surface area contributed by atoms with Crippen molar-refractivity contribution in [2.45, 2.75) is 41.5 Å². The van der Waals surface area contributed by atoms with E-state index in [1.807, 2.05) is 65.8 Å². The van der Waals surface area contributed by atoms with Gasteiger partial charge < -0.3 is 18.6 Å². The first-order valence-electron chi connectivity index (χ1n) is 5.18. The number of hydrogen-bond acceptors (Lipinski definition) is 0. The first-order valence-corrected chi connectivity index (χ1v) is 5.18. The summed E-state index contributed by atoms with van der Waals surface area (Å²) in [7, 11) is 0. The van der Waals surface area contributed by atoms with Crippen LogP contribution in [0, 0.1) is 44.1 Å². The van der Waals surface area contributed by atoms with Gasteiger partial charge in [-0.15, -0.1) is 6.07 Å². The zero-order valence-electron chi connectivity index (χ0n) is 11.4. The maximum Gasteiger partial charge on any atom is 0 e. The van der Waals surface area contributed by atoms with Gasteiger partial charge in [0.15, 0.2) is 0 Å². The van der Waals surface area contributed by atoms with E-state index in [9.17, 15) is 0 Å². The van der Waals surface area contributed by atoms with Gasteiger partial charge >= 0.3 is 0 Å². The molecule has 93 valence electrons. The van der Waals surface area contributed by atoms with Gasteiger partial charge in [0.1, 0.15) is 0 Å². The van der Waals surface area contributed by atoms with Gasteiger partial charge in [0.25, 0.3) is 0 Å². The third-order valence-electron chi connectivity index (χ3n) is 0.773. The largest absolute Gasteiger partial charge is 0.374 e. The molecule has 0 amide bonds. The van der Waals surface area contributed by atoms with Crippen molar-refractivity contribution < 1.29 is 70.7 Å². The zero-order valence-corrected chi connectivity index (χ0v) is 19.9. The molecule has 0 saturated carbocycles. The molecule has 0 aliphatic carbocycles. The van der Waals surface area contributed by atoms with Crippen LogP contribution < -0.4 is 0 Å². The van der Waals surface area contributed by atoms with Gasteiger partial charge in [-0.05, 0) is 0 Å². The average molecular weight is 653 g/mol. The van der Waals surface area contributed by atoms with Gasteiger partial charge in [-0.2, -0.15) is 12.1 Å². The summed E-state index contributed by atoms with van der Waals surface area (Å²) >= 11 is 0. The maximum atomic E-state index is 3.66. The Kier molecular flexibility index (Phi) is 99.0. The molecule has 0 aliphatic rings. The molecule has 0 bridgehead atoms. The molecular formula is C13H24UVW-2. The summed E-state index contributed by atoms with van der Waals surface area (Å²) in [5.74, 6) is 0. The Hall–Kier alpha value is 1.41. The Balaban J connectivity index is -0.0000000248. The van der Waals surface area contributed by atoms with Crippen molar-refractivity contribution in [3.63, 3.8) is 0 Å². The molecule has 0 nitrogen and oxygen atoms in total. The van der Waals surface area contributed by atoms with E-state index in [0.29, 0.717) is 0 Å². The molecule has 0 spiro atoms. The van der Waals surface area contributed by atoms with Gasteiger partial charge in [-0.3, -0.25) is 6.07 Å². The second kappa shape index (κ2) is 44.0. The van der Waals surface area contributed by atoms with E-state index in [1.165, 1.54) is 0 Å².